The Bertz CT molecular complexity index is 296. The first-order valence-corrected chi connectivity index (χ1v) is 5.85. The second-order valence-corrected chi connectivity index (χ2v) is 4.49. The number of hydrogen-bond donors (Lipinski definition) is 1. The van der Waals surface area contributed by atoms with Crippen molar-refractivity contribution in [3.63, 3.8) is 0 Å². The van der Waals surface area contributed by atoms with E-state index in [1.54, 1.807) is 6.08 Å². The summed E-state index contributed by atoms with van der Waals surface area (Å²) in [6.45, 7) is 2.76. The Morgan fingerprint density at radius 3 is 2.93 bits per heavy atom. The number of amides is 1. The van der Waals surface area contributed by atoms with Crippen LogP contribution in [0.5, 0.6) is 0 Å². The summed E-state index contributed by atoms with van der Waals surface area (Å²) in [5.74, 6) is 0.0213. The van der Waals surface area contributed by atoms with Crippen LogP contribution in [0.1, 0.15) is 26.2 Å². The van der Waals surface area contributed by atoms with Crippen LogP contribution in [0.4, 0.5) is 0 Å². The van der Waals surface area contributed by atoms with E-state index < -0.39 is 0 Å². The highest BCUT2D eigenvalue weighted by molar-refractivity contribution is 9.12. The number of allylic oxidation sites excluding steroid dienone is 3. The zero-order chi connectivity index (χ0) is 10.6. The summed E-state index contributed by atoms with van der Waals surface area (Å²) < 4.78 is 0.826. The van der Waals surface area contributed by atoms with E-state index in [-0.39, 0.29) is 5.91 Å². The fourth-order valence-corrected chi connectivity index (χ4v) is 1.82. The van der Waals surface area contributed by atoms with Gasteiger partial charge in [0.1, 0.15) is 0 Å². The molecule has 0 heterocycles. The molecule has 4 heteroatoms. The van der Waals surface area contributed by atoms with E-state index in [0.29, 0.717) is 0 Å². The highest BCUT2D eigenvalue weighted by atomic mass is 79.9. The monoisotopic (exact) mass is 277 g/mol. The van der Waals surface area contributed by atoms with Gasteiger partial charge in [0.15, 0.2) is 0 Å². The van der Waals surface area contributed by atoms with Gasteiger partial charge in [-0.25, -0.2) is 0 Å². The van der Waals surface area contributed by atoms with Gasteiger partial charge in [-0.15, -0.1) is 0 Å². The summed E-state index contributed by atoms with van der Waals surface area (Å²) in [6, 6.07) is 0. The summed E-state index contributed by atoms with van der Waals surface area (Å²) in [5, 5.41) is 3.63. The number of nitrogens with one attached hydrogen (secondary N) is 1. The van der Waals surface area contributed by atoms with Crippen molar-refractivity contribution < 1.29 is 4.79 Å². The molecule has 14 heavy (non-hydrogen) atoms. The molecule has 78 valence electrons. The predicted molar refractivity (Wildman–Crippen MR) is 62.4 cm³/mol. The molecule has 0 aromatic carbocycles. The summed E-state index contributed by atoms with van der Waals surface area (Å²) >= 11 is 9.22. The molecule has 0 bridgehead atoms. The third kappa shape index (κ3) is 3.14. The second-order valence-electron chi connectivity index (χ2n) is 3.18. The van der Waals surface area contributed by atoms with Gasteiger partial charge in [0, 0.05) is 21.6 Å². The molecule has 0 aromatic heterocycles. The van der Waals surface area contributed by atoms with Crippen molar-refractivity contribution in [1.82, 2.24) is 5.32 Å². The Morgan fingerprint density at radius 1 is 1.64 bits per heavy atom. The lowest BCUT2D eigenvalue weighted by molar-refractivity contribution is -0.117. The van der Waals surface area contributed by atoms with Crippen LogP contribution in [0, 0.1) is 0 Å². The van der Waals surface area contributed by atoms with E-state index in [1.165, 1.54) is 0 Å². The number of hydrogen-bond acceptors (Lipinski definition) is 1. The molecule has 0 unspecified atom stereocenters. The normalized spacial score (nSPS) is 16.6. The first-order chi connectivity index (χ1) is 6.65. The van der Waals surface area contributed by atoms with Crippen molar-refractivity contribution in [2.24, 2.45) is 0 Å². The Kier molecular flexibility index (Phi) is 4.69. The van der Waals surface area contributed by atoms with Crippen LogP contribution >= 0.6 is 27.5 Å². The predicted octanol–water partition coefficient (Wildman–Crippen LogP) is 3.08. The molecule has 0 aromatic rings. The van der Waals surface area contributed by atoms with Gasteiger partial charge in [-0.3, -0.25) is 4.79 Å². The van der Waals surface area contributed by atoms with Crippen LogP contribution in [0.15, 0.2) is 21.2 Å². The SMILES string of the molecule is CCCNC(=O)C1=CC(Br)=C(Cl)CC1. The Balaban J connectivity index is 2.62. The van der Waals surface area contributed by atoms with Gasteiger partial charge in [0.25, 0.3) is 0 Å². The maximum absolute atomic E-state index is 11.5. The molecule has 0 atom stereocenters. The number of carbonyl (C=O) groups excluding carboxylic acids is 1. The van der Waals surface area contributed by atoms with E-state index in [1.807, 2.05) is 6.92 Å². The number of carbonyl (C=O) groups is 1. The van der Waals surface area contributed by atoms with E-state index >= 15 is 0 Å². The van der Waals surface area contributed by atoms with E-state index in [2.05, 4.69) is 21.2 Å². The molecule has 0 aliphatic heterocycles. The number of halogens is 2. The maximum atomic E-state index is 11.5. The average Bonchev–Trinajstić information content (AvgIpc) is 2.18. The molecule has 0 saturated carbocycles. The van der Waals surface area contributed by atoms with Gasteiger partial charge >= 0.3 is 0 Å². The third-order valence-electron chi connectivity index (χ3n) is 2.00. The minimum Gasteiger partial charge on any atom is -0.352 e. The van der Waals surface area contributed by atoms with Gasteiger partial charge in [-0.1, -0.05) is 18.5 Å². The lowest BCUT2D eigenvalue weighted by atomic mass is 10.0. The second kappa shape index (κ2) is 5.56. The lowest BCUT2D eigenvalue weighted by Gasteiger charge is -2.13. The fourth-order valence-electron chi connectivity index (χ4n) is 1.20. The van der Waals surface area contributed by atoms with Crippen molar-refractivity contribution >= 4 is 33.4 Å². The molecule has 0 fully saturated rings. The van der Waals surface area contributed by atoms with Crippen LogP contribution < -0.4 is 5.32 Å². The molecule has 1 rings (SSSR count). The quantitative estimate of drug-likeness (QED) is 0.844. The smallest absolute Gasteiger partial charge is 0.247 e. The van der Waals surface area contributed by atoms with Crippen LogP contribution in [-0.4, -0.2) is 12.5 Å². The molecular formula is C10H13BrClNO. The van der Waals surface area contributed by atoms with Crippen LogP contribution in [0.25, 0.3) is 0 Å². The Hall–Kier alpha value is -0.280. The summed E-state index contributed by atoms with van der Waals surface area (Å²) in [5.41, 5.74) is 0.801. The summed E-state index contributed by atoms with van der Waals surface area (Å²) in [6.07, 6.45) is 4.23. The highest BCUT2D eigenvalue weighted by Crippen LogP contribution is 2.29. The largest absolute Gasteiger partial charge is 0.352 e. The molecule has 1 N–H and O–H groups in total. The molecule has 0 radical (unpaired) electrons. The minimum absolute atomic E-state index is 0.0213. The van der Waals surface area contributed by atoms with Crippen LogP contribution in [0.2, 0.25) is 0 Å². The highest BCUT2D eigenvalue weighted by Gasteiger charge is 2.15. The standard InChI is InChI=1S/C10H13BrClNO/c1-2-5-13-10(14)7-3-4-9(12)8(11)6-7/h6H,2-5H2,1H3,(H,13,14). The molecule has 0 spiro atoms. The van der Waals surface area contributed by atoms with E-state index in [9.17, 15) is 4.79 Å². The zero-order valence-corrected chi connectivity index (χ0v) is 10.4. The van der Waals surface area contributed by atoms with E-state index in [0.717, 1.165) is 40.9 Å². The van der Waals surface area contributed by atoms with Crippen molar-refractivity contribution in [1.29, 1.82) is 0 Å². The van der Waals surface area contributed by atoms with Gasteiger partial charge < -0.3 is 5.32 Å². The van der Waals surface area contributed by atoms with E-state index in [4.69, 9.17) is 11.6 Å². The van der Waals surface area contributed by atoms with Gasteiger partial charge in [0.2, 0.25) is 5.91 Å². The maximum Gasteiger partial charge on any atom is 0.247 e. The molecule has 1 aliphatic carbocycles. The van der Waals surface area contributed by atoms with Crippen LogP contribution in [-0.2, 0) is 4.79 Å². The Morgan fingerprint density at radius 2 is 2.36 bits per heavy atom. The number of rotatable bonds is 3. The molecular weight excluding hydrogens is 265 g/mol. The van der Waals surface area contributed by atoms with Crippen LogP contribution in [0.3, 0.4) is 0 Å². The lowest BCUT2D eigenvalue weighted by Crippen LogP contribution is -2.26. The van der Waals surface area contributed by atoms with Crippen molar-refractivity contribution in [3.05, 3.63) is 21.2 Å². The van der Waals surface area contributed by atoms with Crippen molar-refractivity contribution in [3.8, 4) is 0 Å². The molecule has 2 nitrogen and oxygen atoms in total. The average molecular weight is 279 g/mol. The summed E-state index contributed by atoms with van der Waals surface area (Å²) in [4.78, 5) is 11.5. The Labute approximate surface area is 97.5 Å². The van der Waals surface area contributed by atoms with Crippen molar-refractivity contribution in [2.75, 3.05) is 6.54 Å². The molecule has 0 saturated heterocycles. The van der Waals surface area contributed by atoms with Gasteiger partial charge in [-0.05, 0) is 41.3 Å². The fraction of sp³-hybridized carbons (Fsp3) is 0.500. The summed E-state index contributed by atoms with van der Waals surface area (Å²) in [7, 11) is 0. The van der Waals surface area contributed by atoms with Gasteiger partial charge in [-0.2, -0.15) is 0 Å². The first-order valence-electron chi connectivity index (χ1n) is 4.68. The molecule has 1 aliphatic rings. The zero-order valence-electron chi connectivity index (χ0n) is 8.07. The molecule has 1 amide bonds. The first kappa shape index (κ1) is 11.8. The van der Waals surface area contributed by atoms with Crippen molar-refractivity contribution in [2.45, 2.75) is 26.2 Å². The minimum atomic E-state index is 0.0213. The third-order valence-corrected chi connectivity index (χ3v) is 3.33. The van der Waals surface area contributed by atoms with Gasteiger partial charge in [0.05, 0.1) is 0 Å². The topological polar surface area (TPSA) is 29.1 Å².